The summed E-state index contributed by atoms with van der Waals surface area (Å²) in [5, 5.41) is 4.21. The number of fused-ring (bicyclic) bond motifs is 6. The van der Waals surface area contributed by atoms with Crippen LogP contribution in [0, 0.1) is 0 Å². The van der Waals surface area contributed by atoms with Crippen molar-refractivity contribution in [2.75, 3.05) is 24.7 Å². The average molecular weight is 531 g/mol. The number of pyridine rings is 2. The molecular weight excluding hydrogens is 504 g/mol. The highest BCUT2D eigenvalue weighted by molar-refractivity contribution is 7.20. The molecule has 4 N–H and O–H groups in total. The zero-order chi connectivity index (χ0) is 25.5. The molecule has 4 aromatic heterocycles. The van der Waals surface area contributed by atoms with Gasteiger partial charge in [0.1, 0.15) is 22.5 Å². The van der Waals surface area contributed by atoms with Crippen LogP contribution in [-0.4, -0.2) is 33.1 Å². The number of ether oxygens (including phenoxy) is 2. The van der Waals surface area contributed by atoms with Crippen molar-refractivity contribution in [2.24, 2.45) is 0 Å². The Morgan fingerprint density at radius 2 is 1.14 bits per heavy atom. The largest absolute Gasteiger partial charge is 0.493 e. The van der Waals surface area contributed by atoms with E-state index in [4.69, 9.17) is 20.9 Å². The summed E-state index contributed by atoms with van der Waals surface area (Å²) < 4.78 is 14.1. The zero-order valence-electron chi connectivity index (χ0n) is 20.6. The summed E-state index contributed by atoms with van der Waals surface area (Å²) in [6.07, 6.45) is 2.48. The summed E-state index contributed by atoms with van der Waals surface area (Å²) in [5.74, 6) is 2.42. The number of thiazole rings is 2. The number of rotatable bonds is 8. The van der Waals surface area contributed by atoms with E-state index < -0.39 is 0 Å². The Morgan fingerprint density at radius 3 is 1.57 bits per heavy atom. The predicted octanol–water partition coefficient (Wildman–Crippen LogP) is 6.14. The molecule has 0 aliphatic carbocycles. The summed E-state index contributed by atoms with van der Waals surface area (Å²) in [6, 6.07) is 11.9. The first-order valence-electron chi connectivity index (χ1n) is 12.3. The van der Waals surface area contributed by atoms with Gasteiger partial charge in [-0.3, -0.25) is 0 Å². The third kappa shape index (κ3) is 4.36. The Morgan fingerprint density at radius 1 is 0.676 bits per heavy atom. The van der Waals surface area contributed by atoms with Crippen LogP contribution < -0.4 is 20.9 Å². The smallest absolute Gasteiger partial charge is 0.151 e. The normalized spacial score (nSPS) is 11.7. The van der Waals surface area contributed by atoms with Crippen molar-refractivity contribution in [1.29, 1.82) is 0 Å². The van der Waals surface area contributed by atoms with E-state index in [-0.39, 0.29) is 0 Å². The maximum Gasteiger partial charge on any atom is 0.151 e. The molecule has 4 heterocycles. The Bertz CT molecular complexity index is 1650. The number of aromatic nitrogens is 4. The molecule has 10 heteroatoms. The van der Waals surface area contributed by atoms with E-state index >= 15 is 0 Å². The topological polar surface area (TPSA) is 122 Å². The van der Waals surface area contributed by atoms with E-state index in [1.165, 1.54) is 0 Å². The van der Waals surface area contributed by atoms with Crippen molar-refractivity contribution in [3.8, 4) is 11.5 Å². The summed E-state index contributed by atoms with van der Waals surface area (Å²) in [4.78, 5) is 18.3. The van der Waals surface area contributed by atoms with Crippen LogP contribution >= 0.6 is 22.7 Å². The van der Waals surface area contributed by atoms with E-state index in [2.05, 4.69) is 33.8 Å². The van der Waals surface area contributed by atoms with Crippen LogP contribution in [0.4, 0.5) is 11.6 Å². The van der Waals surface area contributed by atoms with Crippen molar-refractivity contribution in [3.63, 3.8) is 0 Å². The highest BCUT2D eigenvalue weighted by Crippen LogP contribution is 2.35. The van der Waals surface area contributed by atoms with E-state index in [1.807, 2.05) is 36.4 Å². The number of aryl methyl sites for hydroxylation is 2. The Hall–Kier alpha value is -3.76. The predicted molar refractivity (Wildman–Crippen MR) is 153 cm³/mol. The molecule has 0 atom stereocenters. The van der Waals surface area contributed by atoms with Crippen molar-refractivity contribution < 1.29 is 9.47 Å². The van der Waals surface area contributed by atoms with Gasteiger partial charge in [0.2, 0.25) is 0 Å². The highest BCUT2D eigenvalue weighted by atomic mass is 32.1. The lowest BCUT2D eigenvalue weighted by atomic mass is 10.2. The molecule has 8 nitrogen and oxygen atoms in total. The summed E-state index contributed by atoms with van der Waals surface area (Å²) in [6.45, 7) is 5.22. The first-order chi connectivity index (χ1) is 18.0. The van der Waals surface area contributed by atoms with Crippen LogP contribution in [0.2, 0.25) is 0 Å². The fourth-order valence-electron chi connectivity index (χ4n) is 4.32. The van der Waals surface area contributed by atoms with E-state index in [0.717, 1.165) is 83.0 Å². The summed E-state index contributed by atoms with van der Waals surface area (Å²) in [7, 11) is 0. The van der Waals surface area contributed by atoms with E-state index in [9.17, 15) is 0 Å². The van der Waals surface area contributed by atoms with Crippen molar-refractivity contribution in [3.05, 3.63) is 46.4 Å². The standard InChI is InChI=1S/C27H26N6O2S2/c1-3-20-32-22-24(36-20)16-8-6-14(12-18(16)30-26(22)28)34-10-5-11-35-15-7-9-17-19(13-15)31-27(29)23-25(17)37-21(4-2)33-23/h6-9,12-13H,3-5,10-11H2,1-2H3,(H2,28,30)(H2,29,31). The quantitative estimate of drug-likeness (QED) is 0.225. The number of anilines is 2. The third-order valence-corrected chi connectivity index (χ3v) is 8.63. The number of nitrogens with zero attached hydrogens (tertiary/aromatic N) is 4. The van der Waals surface area contributed by atoms with Crippen LogP contribution in [0.15, 0.2) is 36.4 Å². The Kier molecular flexibility index (Phi) is 6.13. The maximum absolute atomic E-state index is 6.17. The van der Waals surface area contributed by atoms with Gasteiger partial charge in [0.15, 0.2) is 11.6 Å². The number of hydrogen-bond acceptors (Lipinski definition) is 10. The second kappa shape index (κ2) is 9.60. The molecule has 0 amide bonds. The van der Waals surface area contributed by atoms with E-state index in [0.29, 0.717) is 24.8 Å². The van der Waals surface area contributed by atoms with Gasteiger partial charge in [-0.25, -0.2) is 19.9 Å². The van der Waals surface area contributed by atoms with Crippen molar-refractivity contribution in [2.45, 2.75) is 33.1 Å². The van der Waals surface area contributed by atoms with Crippen LogP contribution in [0.1, 0.15) is 30.3 Å². The van der Waals surface area contributed by atoms with Gasteiger partial charge in [-0.2, -0.15) is 0 Å². The second-order valence-corrected chi connectivity index (χ2v) is 10.8. The first kappa shape index (κ1) is 23.6. The highest BCUT2D eigenvalue weighted by Gasteiger charge is 2.14. The number of benzene rings is 2. The Balaban J connectivity index is 1.10. The molecule has 0 fully saturated rings. The molecule has 2 aromatic carbocycles. The molecule has 0 aliphatic heterocycles. The molecule has 0 saturated heterocycles. The lowest BCUT2D eigenvalue weighted by Crippen LogP contribution is -2.05. The number of nitrogens with two attached hydrogens (primary N) is 2. The van der Waals surface area contributed by atoms with E-state index in [1.54, 1.807) is 22.7 Å². The minimum Gasteiger partial charge on any atom is -0.493 e. The molecule has 37 heavy (non-hydrogen) atoms. The fraction of sp³-hybridized carbons (Fsp3) is 0.259. The van der Waals surface area contributed by atoms with Gasteiger partial charge in [0.25, 0.3) is 0 Å². The second-order valence-electron chi connectivity index (χ2n) is 8.68. The van der Waals surface area contributed by atoms with Gasteiger partial charge in [-0.15, -0.1) is 22.7 Å². The lowest BCUT2D eigenvalue weighted by molar-refractivity contribution is 0.248. The van der Waals surface area contributed by atoms with Gasteiger partial charge in [0.05, 0.1) is 43.7 Å². The SMILES string of the molecule is CCc1nc2c(N)nc3cc(OCCCOc4ccc5c(c4)nc(N)c4nc(CC)sc45)ccc3c2s1. The Labute approximate surface area is 221 Å². The fourth-order valence-corrected chi connectivity index (χ4v) is 6.41. The average Bonchev–Trinajstić information content (AvgIpc) is 3.54. The number of hydrogen-bond donors (Lipinski definition) is 2. The third-order valence-electron chi connectivity index (χ3n) is 6.17. The molecule has 0 aliphatic rings. The van der Waals surface area contributed by atoms with Crippen molar-refractivity contribution in [1.82, 2.24) is 19.9 Å². The van der Waals surface area contributed by atoms with Crippen LogP contribution in [0.25, 0.3) is 42.2 Å². The minimum absolute atomic E-state index is 0.456. The van der Waals surface area contributed by atoms with Crippen LogP contribution in [0.5, 0.6) is 11.5 Å². The van der Waals surface area contributed by atoms with Crippen molar-refractivity contribution >= 4 is 76.5 Å². The first-order valence-corrected chi connectivity index (χ1v) is 13.9. The number of nitrogen functional groups attached to an aromatic ring is 2. The summed E-state index contributed by atoms with van der Waals surface area (Å²) in [5.41, 5.74) is 15.5. The molecule has 0 saturated carbocycles. The molecule has 0 bridgehead atoms. The van der Waals surface area contributed by atoms with Gasteiger partial charge < -0.3 is 20.9 Å². The maximum atomic E-state index is 6.17. The minimum atomic E-state index is 0.456. The molecule has 188 valence electrons. The van der Waals surface area contributed by atoms with Gasteiger partial charge in [-0.05, 0) is 37.1 Å². The lowest BCUT2D eigenvalue weighted by Gasteiger charge is -2.10. The molecular formula is C27H26N6O2S2. The molecule has 0 spiro atoms. The molecule has 0 radical (unpaired) electrons. The molecule has 6 rings (SSSR count). The van der Waals surface area contributed by atoms with Crippen LogP contribution in [-0.2, 0) is 12.8 Å². The van der Waals surface area contributed by atoms with Gasteiger partial charge in [0, 0.05) is 29.3 Å². The molecule has 0 unspecified atom stereocenters. The van der Waals surface area contributed by atoms with Crippen LogP contribution in [0.3, 0.4) is 0 Å². The van der Waals surface area contributed by atoms with Gasteiger partial charge in [-0.1, -0.05) is 13.8 Å². The summed E-state index contributed by atoms with van der Waals surface area (Å²) >= 11 is 3.34. The van der Waals surface area contributed by atoms with Gasteiger partial charge >= 0.3 is 0 Å². The molecule has 6 aromatic rings. The zero-order valence-corrected chi connectivity index (χ0v) is 22.2. The monoisotopic (exact) mass is 530 g/mol.